The van der Waals surface area contributed by atoms with Crippen LogP contribution < -0.4 is 10.6 Å². The van der Waals surface area contributed by atoms with Crippen LogP contribution in [0, 0.1) is 6.92 Å². The summed E-state index contributed by atoms with van der Waals surface area (Å²) in [5.41, 5.74) is 0.409. The summed E-state index contributed by atoms with van der Waals surface area (Å²) >= 11 is 7.13. The van der Waals surface area contributed by atoms with Gasteiger partial charge in [0.05, 0.1) is 0 Å². The summed E-state index contributed by atoms with van der Waals surface area (Å²) in [5, 5.41) is 14.6. The molecular weight excluding hydrogens is 274 g/mol. The van der Waals surface area contributed by atoms with Crippen LogP contribution in [0.3, 0.4) is 0 Å². The first kappa shape index (κ1) is 12.7. The molecule has 0 fully saturated rings. The van der Waals surface area contributed by atoms with Crippen LogP contribution in [0.5, 0.6) is 0 Å². The normalized spacial score (nSPS) is 10.2. The lowest BCUT2D eigenvalue weighted by Crippen LogP contribution is -2.12. The van der Waals surface area contributed by atoms with Crippen molar-refractivity contribution >= 4 is 39.8 Å². The van der Waals surface area contributed by atoms with E-state index in [0.29, 0.717) is 16.5 Å². The van der Waals surface area contributed by atoms with Gasteiger partial charge in [0.2, 0.25) is 5.13 Å². The van der Waals surface area contributed by atoms with E-state index in [4.69, 9.17) is 11.6 Å². The minimum Gasteiger partial charge on any atom is -0.373 e. The maximum atomic E-state index is 12.0. The van der Waals surface area contributed by atoms with Gasteiger partial charge in [-0.05, 0) is 19.1 Å². The fraction of sp³-hybridized carbons (Fsp3) is 0.200. The Balaban J connectivity index is 2.20. The highest BCUT2D eigenvalue weighted by atomic mass is 35.5. The molecule has 0 aliphatic carbocycles. The summed E-state index contributed by atoms with van der Waals surface area (Å²) in [6.07, 6.45) is 0. The van der Waals surface area contributed by atoms with Crippen LogP contribution in [0.2, 0.25) is 5.15 Å². The van der Waals surface area contributed by atoms with Crippen LogP contribution in [0.4, 0.5) is 10.9 Å². The van der Waals surface area contributed by atoms with E-state index >= 15 is 0 Å². The second-order valence-electron chi connectivity index (χ2n) is 3.39. The summed E-state index contributed by atoms with van der Waals surface area (Å²) in [6.45, 7) is 1.82. The van der Waals surface area contributed by atoms with Crippen molar-refractivity contribution < 1.29 is 4.79 Å². The van der Waals surface area contributed by atoms with Crippen molar-refractivity contribution in [3.8, 4) is 0 Å². The number of halogens is 1. The lowest BCUT2D eigenvalue weighted by molar-refractivity contribution is 0.102. The standard InChI is InChI=1S/C10H10ClN5OS/c1-5-15-16-10(18-5)14-9(17)6-3-7(11)13-8(4-6)12-2/h3-4H,1-2H3,(H,12,13)(H,14,16,17). The maximum Gasteiger partial charge on any atom is 0.257 e. The molecule has 0 atom stereocenters. The summed E-state index contributed by atoms with van der Waals surface area (Å²) in [5.74, 6) is 0.230. The van der Waals surface area contributed by atoms with Crippen molar-refractivity contribution in [3.05, 3.63) is 27.9 Å². The van der Waals surface area contributed by atoms with Crippen molar-refractivity contribution in [2.45, 2.75) is 6.92 Å². The molecular formula is C10H10ClN5OS. The second-order valence-corrected chi connectivity index (χ2v) is 4.96. The zero-order valence-electron chi connectivity index (χ0n) is 9.69. The van der Waals surface area contributed by atoms with Gasteiger partial charge in [0.1, 0.15) is 16.0 Å². The Kier molecular flexibility index (Phi) is 3.73. The highest BCUT2D eigenvalue weighted by Crippen LogP contribution is 2.18. The highest BCUT2D eigenvalue weighted by molar-refractivity contribution is 7.15. The van der Waals surface area contributed by atoms with E-state index in [-0.39, 0.29) is 11.1 Å². The SMILES string of the molecule is CNc1cc(C(=O)Nc2nnc(C)s2)cc(Cl)n1. The van der Waals surface area contributed by atoms with Gasteiger partial charge in [-0.2, -0.15) is 0 Å². The first-order chi connectivity index (χ1) is 8.58. The van der Waals surface area contributed by atoms with E-state index in [1.54, 1.807) is 13.1 Å². The number of nitrogens with zero attached hydrogens (tertiary/aromatic N) is 3. The molecule has 0 unspecified atom stereocenters. The lowest BCUT2D eigenvalue weighted by Gasteiger charge is -2.04. The molecule has 2 heterocycles. The van der Waals surface area contributed by atoms with Crippen LogP contribution in [0.15, 0.2) is 12.1 Å². The molecule has 94 valence electrons. The molecule has 0 saturated carbocycles. The number of nitrogens with one attached hydrogen (secondary N) is 2. The number of amides is 1. The molecule has 2 aromatic rings. The molecule has 2 aromatic heterocycles. The van der Waals surface area contributed by atoms with Gasteiger partial charge < -0.3 is 5.32 Å². The van der Waals surface area contributed by atoms with Gasteiger partial charge in [-0.3, -0.25) is 10.1 Å². The maximum absolute atomic E-state index is 12.0. The molecule has 2 rings (SSSR count). The number of aromatic nitrogens is 3. The number of hydrogen-bond donors (Lipinski definition) is 2. The van der Waals surface area contributed by atoms with Crippen molar-refractivity contribution in [1.82, 2.24) is 15.2 Å². The fourth-order valence-corrected chi connectivity index (χ4v) is 2.07. The van der Waals surface area contributed by atoms with Crippen molar-refractivity contribution in [1.29, 1.82) is 0 Å². The Labute approximate surface area is 112 Å². The minimum atomic E-state index is -0.299. The zero-order valence-corrected chi connectivity index (χ0v) is 11.3. The Morgan fingerprint density at radius 2 is 2.17 bits per heavy atom. The molecule has 8 heteroatoms. The zero-order chi connectivity index (χ0) is 13.1. The van der Waals surface area contributed by atoms with Gasteiger partial charge in [0, 0.05) is 12.6 Å². The monoisotopic (exact) mass is 283 g/mol. The first-order valence-electron chi connectivity index (χ1n) is 5.05. The molecule has 0 spiro atoms. The molecule has 0 radical (unpaired) electrons. The summed E-state index contributed by atoms with van der Waals surface area (Å²) in [6, 6.07) is 3.10. The third-order valence-corrected chi connectivity index (χ3v) is 3.01. The largest absolute Gasteiger partial charge is 0.373 e. The second kappa shape index (κ2) is 5.28. The van der Waals surface area contributed by atoms with Crippen molar-refractivity contribution in [3.63, 3.8) is 0 Å². The molecule has 0 aliphatic heterocycles. The number of anilines is 2. The molecule has 6 nitrogen and oxygen atoms in total. The Hall–Kier alpha value is -1.73. The van der Waals surface area contributed by atoms with Gasteiger partial charge in [0.25, 0.3) is 5.91 Å². The smallest absolute Gasteiger partial charge is 0.257 e. The fourth-order valence-electron chi connectivity index (χ4n) is 1.27. The number of carbonyl (C=O) groups is 1. The topological polar surface area (TPSA) is 79.8 Å². The van der Waals surface area contributed by atoms with Crippen molar-refractivity contribution in [2.24, 2.45) is 0 Å². The van der Waals surface area contributed by atoms with E-state index in [2.05, 4.69) is 25.8 Å². The predicted molar refractivity (Wildman–Crippen MR) is 71.4 cm³/mol. The van der Waals surface area contributed by atoms with Crippen LogP contribution in [0.1, 0.15) is 15.4 Å². The Morgan fingerprint density at radius 3 is 2.78 bits per heavy atom. The number of hydrogen-bond acceptors (Lipinski definition) is 6. The molecule has 18 heavy (non-hydrogen) atoms. The van der Waals surface area contributed by atoms with Crippen LogP contribution >= 0.6 is 22.9 Å². The average molecular weight is 284 g/mol. The third kappa shape index (κ3) is 2.93. The van der Waals surface area contributed by atoms with E-state index < -0.39 is 0 Å². The van der Waals surface area contributed by atoms with Crippen LogP contribution in [0.25, 0.3) is 0 Å². The minimum absolute atomic E-state index is 0.250. The third-order valence-electron chi connectivity index (χ3n) is 2.06. The molecule has 0 bridgehead atoms. The van der Waals surface area contributed by atoms with E-state index in [9.17, 15) is 4.79 Å². The predicted octanol–water partition coefficient (Wildman–Crippen LogP) is 2.19. The summed E-state index contributed by atoms with van der Waals surface area (Å²) in [4.78, 5) is 16.0. The Morgan fingerprint density at radius 1 is 1.39 bits per heavy atom. The van der Waals surface area contributed by atoms with Gasteiger partial charge in [-0.25, -0.2) is 4.98 Å². The summed E-state index contributed by atoms with van der Waals surface area (Å²) < 4.78 is 0. The molecule has 2 N–H and O–H groups in total. The van der Waals surface area contributed by atoms with Gasteiger partial charge in [-0.15, -0.1) is 10.2 Å². The van der Waals surface area contributed by atoms with E-state index in [1.165, 1.54) is 17.4 Å². The van der Waals surface area contributed by atoms with E-state index in [1.807, 2.05) is 6.92 Å². The highest BCUT2D eigenvalue weighted by Gasteiger charge is 2.11. The molecule has 1 amide bonds. The molecule has 0 aromatic carbocycles. The summed E-state index contributed by atoms with van der Waals surface area (Å²) in [7, 11) is 1.70. The van der Waals surface area contributed by atoms with Crippen LogP contribution in [-0.4, -0.2) is 28.1 Å². The molecule has 0 aliphatic rings. The first-order valence-corrected chi connectivity index (χ1v) is 6.24. The lowest BCUT2D eigenvalue weighted by atomic mass is 10.2. The number of pyridine rings is 1. The van der Waals surface area contributed by atoms with Gasteiger partial charge in [-0.1, -0.05) is 22.9 Å². The quantitative estimate of drug-likeness (QED) is 0.844. The average Bonchev–Trinajstić information content (AvgIpc) is 2.73. The number of aryl methyl sites for hydroxylation is 1. The molecule has 0 saturated heterocycles. The van der Waals surface area contributed by atoms with Crippen molar-refractivity contribution in [2.75, 3.05) is 17.7 Å². The van der Waals surface area contributed by atoms with Gasteiger partial charge in [0.15, 0.2) is 0 Å². The number of rotatable bonds is 3. The Bertz CT molecular complexity index is 585. The number of carbonyl (C=O) groups excluding carboxylic acids is 1. The van der Waals surface area contributed by atoms with E-state index in [0.717, 1.165) is 5.01 Å². The van der Waals surface area contributed by atoms with Crippen LogP contribution in [-0.2, 0) is 0 Å². The van der Waals surface area contributed by atoms with Gasteiger partial charge >= 0.3 is 0 Å².